The van der Waals surface area contributed by atoms with E-state index in [0.29, 0.717) is 0 Å². The lowest BCUT2D eigenvalue weighted by Gasteiger charge is -2.05. The maximum atomic E-state index is 11.2. The lowest BCUT2D eigenvalue weighted by Crippen LogP contribution is -2.17. The van der Waals surface area contributed by atoms with E-state index in [4.69, 9.17) is 4.74 Å². The second-order valence-corrected chi connectivity index (χ2v) is 5.99. The van der Waals surface area contributed by atoms with Crippen LogP contribution >= 0.6 is 23.1 Å². The van der Waals surface area contributed by atoms with Crippen molar-refractivity contribution in [1.29, 1.82) is 0 Å². The molecule has 1 amide bonds. The summed E-state index contributed by atoms with van der Waals surface area (Å²) in [6.07, 6.45) is 2.07. The van der Waals surface area contributed by atoms with Crippen LogP contribution in [0.25, 0.3) is 10.2 Å². The monoisotopic (exact) mass is 296 g/mol. The molecule has 1 aromatic carbocycles. The van der Waals surface area contributed by atoms with Crippen LogP contribution in [0.4, 0.5) is 0 Å². The van der Waals surface area contributed by atoms with Gasteiger partial charge in [0.25, 0.3) is 0 Å². The Hall–Kier alpha value is -1.27. The molecule has 102 valence electrons. The smallest absolute Gasteiger partial charge is 0.245 e. The molecule has 0 atom stereocenters. The SMILES string of the molecule is COc1ccc2sc(=NC(C)=O)n(CCSC)c2c1. The van der Waals surface area contributed by atoms with Crippen molar-refractivity contribution < 1.29 is 9.53 Å². The molecular formula is C13H16N2O2S2. The predicted molar refractivity (Wildman–Crippen MR) is 81.0 cm³/mol. The number of ether oxygens (including phenoxy) is 1. The number of hydrogen-bond acceptors (Lipinski definition) is 4. The predicted octanol–water partition coefficient (Wildman–Crippen LogP) is 2.52. The number of benzene rings is 1. The normalized spacial score (nSPS) is 12.1. The molecule has 0 spiro atoms. The highest BCUT2D eigenvalue weighted by Crippen LogP contribution is 2.23. The molecule has 0 fully saturated rings. The molecule has 19 heavy (non-hydrogen) atoms. The van der Waals surface area contributed by atoms with Gasteiger partial charge in [-0.3, -0.25) is 4.79 Å². The highest BCUT2D eigenvalue weighted by molar-refractivity contribution is 7.98. The molecule has 4 nitrogen and oxygen atoms in total. The van der Waals surface area contributed by atoms with Crippen LogP contribution in [0, 0.1) is 0 Å². The number of carbonyl (C=O) groups excluding carboxylic acids is 1. The van der Waals surface area contributed by atoms with Gasteiger partial charge in [-0.05, 0) is 18.4 Å². The van der Waals surface area contributed by atoms with Crippen LogP contribution in [0.1, 0.15) is 6.92 Å². The summed E-state index contributed by atoms with van der Waals surface area (Å²) < 4.78 is 8.46. The Kier molecular flexibility index (Phi) is 4.66. The Bertz CT molecular complexity index is 658. The quantitative estimate of drug-likeness (QED) is 0.871. The Balaban J connectivity index is 2.64. The second kappa shape index (κ2) is 6.25. The minimum Gasteiger partial charge on any atom is -0.497 e. The standard InChI is InChI=1S/C13H16N2O2S2/c1-9(16)14-13-15(6-7-18-3)11-8-10(17-2)4-5-12(11)19-13/h4-5,8H,6-7H2,1-3H3. The van der Waals surface area contributed by atoms with Crippen molar-refractivity contribution in [2.45, 2.75) is 13.5 Å². The van der Waals surface area contributed by atoms with Gasteiger partial charge in [-0.25, -0.2) is 0 Å². The van der Waals surface area contributed by atoms with E-state index in [1.807, 2.05) is 18.2 Å². The summed E-state index contributed by atoms with van der Waals surface area (Å²) in [6, 6.07) is 5.92. The number of aryl methyl sites for hydroxylation is 1. The van der Waals surface area contributed by atoms with E-state index < -0.39 is 0 Å². The van der Waals surface area contributed by atoms with Crippen molar-refractivity contribution in [2.24, 2.45) is 4.99 Å². The molecule has 1 aromatic heterocycles. The van der Waals surface area contributed by atoms with Gasteiger partial charge in [-0.1, -0.05) is 11.3 Å². The van der Waals surface area contributed by atoms with Gasteiger partial charge in [-0.15, -0.1) is 0 Å². The number of carbonyl (C=O) groups is 1. The fourth-order valence-electron chi connectivity index (χ4n) is 1.79. The van der Waals surface area contributed by atoms with Crippen molar-refractivity contribution in [2.75, 3.05) is 19.1 Å². The highest BCUT2D eigenvalue weighted by Gasteiger charge is 2.07. The minimum absolute atomic E-state index is 0.170. The van der Waals surface area contributed by atoms with Crippen molar-refractivity contribution in [3.05, 3.63) is 23.0 Å². The van der Waals surface area contributed by atoms with Gasteiger partial charge >= 0.3 is 0 Å². The number of aromatic nitrogens is 1. The first-order valence-electron chi connectivity index (χ1n) is 5.87. The van der Waals surface area contributed by atoms with E-state index in [9.17, 15) is 4.79 Å². The molecule has 0 bridgehead atoms. The summed E-state index contributed by atoms with van der Waals surface area (Å²) in [5.74, 6) is 1.63. The number of methoxy groups -OCH3 is 1. The van der Waals surface area contributed by atoms with Gasteiger partial charge in [0.2, 0.25) is 5.91 Å². The average Bonchev–Trinajstić information content (AvgIpc) is 2.71. The minimum atomic E-state index is -0.170. The van der Waals surface area contributed by atoms with E-state index in [1.165, 1.54) is 18.3 Å². The number of fused-ring (bicyclic) bond motifs is 1. The van der Waals surface area contributed by atoms with Crippen molar-refractivity contribution in [3.8, 4) is 5.75 Å². The molecule has 6 heteroatoms. The fourth-order valence-corrected chi connectivity index (χ4v) is 3.24. The van der Waals surface area contributed by atoms with Crippen LogP contribution in [-0.4, -0.2) is 29.6 Å². The highest BCUT2D eigenvalue weighted by atomic mass is 32.2. The van der Waals surface area contributed by atoms with E-state index in [0.717, 1.165) is 33.1 Å². The summed E-state index contributed by atoms with van der Waals surface area (Å²) >= 11 is 3.30. The average molecular weight is 296 g/mol. The zero-order valence-electron chi connectivity index (χ0n) is 11.2. The molecule has 0 saturated heterocycles. The molecule has 0 radical (unpaired) electrons. The zero-order valence-corrected chi connectivity index (χ0v) is 12.8. The lowest BCUT2D eigenvalue weighted by atomic mass is 10.3. The molecule has 0 unspecified atom stereocenters. The summed E-state index contributed by atoms with van der Waals surface area (Å²) in [7, 11) is 1.65. The molecule has 2 rings (SSSR count). The van der Waals surface area contributed by atoms with Gasteiger partial charge in [0.05, 0.1) is 17.3 Å². The number of thiazole rings is 1. The first-order valence-corrected chi connectivity index (χ1v) is 8.08. The van der Waals surface area contributed by atoms with Crippen LogP contribution < -0.4 is 9.54 Å². The van der Waals surface area contributed by atoms with Gasteiger partial charge in [0.1, 0.15) is 5.75 Å². The second-order valence-electron chi connectivity index (χ2n) is 3.99. The first kappa shape index (κ1) is 14.1. The third-order valence-corrected chi connectivity index (χ3v) is 4.31. The largest absolute Gasteiger partial charge is 0.497 e. The lowest BCUT2D eigenvalue weighted by molar-refractivity contribution is -0.116. The third kappa shape index (κ3) is 3.19. The van der Waals surface area contributed by atoms with Crippen LogP contribution in [0.3, 0.4) is 0 Å². The van der Waals surface area contributed by atoms with Gasteiger partial charge in [0.15, 0.2) is 4.80 Å². The van der Waals surface area contributed by atoms with Crippen LogP contribution in [-0.2, 0) is 11.3 Å². The molecule has 1 heterocycles. The molecule has 0 aliphatic rings. The maximum absolute atomic E-state index is 11.2. The van der Waals surface area contributed by atoms with Crippen LogP contribution in [0.15, 0.2) is 23.2 Å². The summed E-state index contributed by atoms with van der Waals surface area (Å²) in [6.45, 7) is 2.31. The van der Waals surface area contributed by atoms with Crippen molar-refractivity contribution in [1.82, 2.24) is 4.57 Å². The summed E-state index contributed by atoms with van der Waals surface area (Å²) in [5.41, 5.74) is 1.07. The number of hydrogen-bond donors (Lipinski definition) is 0. The molecule has 0 saturated carbocycles. The number of amides is 1. The van der Waals surface area contributed by atoms with Gasteiger partial charge in [0, 0.05) is 25.3 Å². The van der Waals surface area contributed by atoms with E-state index >= 15 is 0 Å². The molecule has 2 aromatic rings. The number of nitrogens with zero attached hydrogens (tertiary/aromatic N) is 2. The number of thioether (sulfide) groups is 1. The van der Waals surface area contributed by atoms with Crippen molar-refractivity contribution in [3.63, 3.8) is 0 Å². The third-order valence-electron chi connectivity index (χ3n) is 2.66. The van der Waals surface area contributed by atoms with Gasteiger partial charge < -0.3 is 9.30 Å². The first-order chi connectivity index (χ1) is 9.15. The fraction of sp³-hybridized carbons (Fsp3) is 0.385. The summed E-state index contributed by atoms with van der Waals surface area (Å²) in [4.78, 5) is 16.1. The Morgan fingerprint density at radius 1 is 1.53 bits per heavy atom. The Labute approximate surface area is 120 Å². The maximum Gasteiger partial charge on any atom is 0.245 e. The van der Waals surface area contributed by atoms with E-state index in [1.54, 1.807) is 18.9 Å². The van der Waals surface area contributed by atoms with E-state index in [2.05, 4.69) is 15.8 Å². The topological polar surface area (TPSA) is 43.6 Å². The van der Waals surface area contributed by atoms with E-state index in [-0.39, 0.29) is 5.91 Å². The van der Waals surface area contributed by atoms with Gasteiger partial charge in [-0.2, -0.15) is 16.8 Å². The molecule has 0 aliphatic heterocycles. The Morgan fingerprint density at radius 3 is 2.95 bits per heavy atom. The van der Waals surface area contributed by atoms with Crippen LogP contribution in [0.2, 0.25) is 0 Å². The van der Waals surface area contributed by atoms with Crippen LogP contribution in [0.5, 0.6) is 5.75 Å². The number of rotatable bonds is 4. The molecule has 0 aliphatic carbocycles. The molecular weight excluding hydrogens is 280 g/mol. The Morgan fingerprint density at radius 2 is 2.32 bits per heavy atom. The summed E-state index contributed by atoms with van der Waals surface area (Å²) in [5, 5.41) is 0. The molecule has 0 N–H and O–H groups in total. The zero-order chi connectivity index (χ0) is 13.8. The van der Waals surface area contributed by atoms with Crippen molar-refractivity contribution >= 4 is 39.2 Å².